The minimum Gasteiger partial charge on any atom is -0.497 e. The highest BCUT2D eigenvalue weighted by Gasteiger charge is 2.37. The topological polar surface area (TPSA) is 129 Å². The van der Waals surface area contributed by atoms with E-state index in [2.05, 4.69) is 10.4 Å². The van der Waals surface area contributed by atoms with Gasteiger partial charge in [0.2, 0.25) is 11.8 Å². The molecule has 4 aromatic rings. The van der Waals surface area contributed by atoms with Gasteiger partial charge in [-0.1, -0.05) is 18.2 Å². The molecule has 206 valence electrons. The van der Waals surface area contributed by atoms with Crippen LogP contribution in [0.3, 0.4) is 0 Å². The molecule has 0 radical (unpaired) electrons. The summed E-state index contributed by atoms with van der Waals surface area (Å²) in [7, 11) is 3.01. The highest BCUT2D eigenvalue weighted by Crippen LogP contribution is 2.35. The lowest BCUT2D eigenvalue weighted by molar-refractivity contribution is -0.122. The average molecular weight is 563 g/mol. The van der Waals surface area contributed by atoms with E-state index in [1.807, 2.05) is 0 Å². The van der Waals surface area contributed by atoms with Gasteiger partial charge >= 0.3 is 5.97 Å². The van der Waals surface area contributed by atoms with Gasteiger partial charge in [-0.25, -0.2) is 4.79 Å². The van der Waals surface area contributed by atoms with Crippen LogP contribution in [0.1, 0.15) is 23.8 Å². The molecular formula is C28H26N4O7S. The first-order valence-electron chi connectivity index (χ1n) is 12.5. The van der Waals surface area contributed by atoms with Crippen molar-refractivity contribution < 1.29 is 28.6 Å². The second kappa shape index (κ2) is 11.2. The molecule has 1 atom stereocenters. The van der Waals surface area contributed by atoms with Crippen LogP contribution in [0.2, 0.25) is 0 Å². The maximum Gasteiger partial charge on any atom is 0.359 e. The van der Waals surface area contributed by atoms with Crippen molar-refractivity contribution in [2.75, 3.05) is 37.6 Å². The molecule has 1 N–H and O–H groups in total. The lowest BCUT2D eigenvalue weighted by Crippen LogP contribution is -2.29. The van der Waals surface area contributed by atoms with Gasteiger partial charge in [0.15, 0.2) is 5.69 Å². The smallest absolute Gasteiger partial charge is 0.359 e. The summed E-state index contributed by atoms with van der Waals surface area (Å²) < 4.78 is 16.9. The van der Waals surface area contributed by atoms with Gasteiger partial charge in [-0.15, -0.1) is 11.3 Å². The number of nitrogens with zero attached hydrogens (tertiary/aromatic N) is 3. The lowest BCUT2D eigenvalue weighted by Gasteiger charge is -2.19. The van der Waals surface area contributed by atoms with Crippen LogP contribution in [-0.4, -0.2) is 54.9 Å². The standard InChI is InChI=1S/C28H26N4O7S/c1-4-39-28(36)24-19-15-40-26(23(19)27(35)32(30-24)17-8-7-9-18(13-17)37-2)29-25(34)16-12-22(33)31(14-16)20-10-5-6-11-21(20)38-3/h5-11,13,15-16H,4,12,14H2,1-3H3,(H,29,34). The van der Waals surface area contributed by atoms with E-state index in [0.29, 0.717) is 22.9 Å². The number of methoxy groups -OCH3 is 2. The Morgan fingerprint density at radius 1 is 1.10 bits per heavy atom. The van der Waals surface area contributed by atoms with Gasteiger partial charge < -0.3 is 24.4 Å². The fourth-order valence-corrected chi connectivity index (χ4v) is 5.53. The van der Waals surface area contributed by atoms with Gasteiger partial charge in [-0.05, 0) is 31.2 Å². The van der Waals surface area contributed by atoms with Gasteiger partial charge in [0.25, 0.3) is 5.56 Å². The van der Waals surface area contributed by atoms with E-state index >= 15 is 0 Å². The summed E-state index contributed by atoms with van der Waals surface area (Å²) in [5, 5.41) is 9.34. The number of benzene rings is 2. The van der Waals surface area contributed by atoms with E-state index in [9.17, 15) is 19.2 Å². The summed E-state index contributed by atoms with van der Waals surface area (Å²) in [6, 6.07) is 13.8. The van der Waals surface area contributed by atoms with E-state index in [0.717, 1.165) is 16.0 Å². The van der Waals surface area contributed by atoms with Crippen LogP contribution in [0.5, 0.6) is 11.5 Å². The lowest BCUT2D eigenvalue weighted by atomic mass is 10.1. The molecule has 3 heterocycles. The number of para-hydroxylation sites is 2. The van der Waals surface area contributed by atoms with Crippen molar-refractivity contribution in [2.24, 2.45) is 5.92 Å². The van der Waals surface area contributed by atoms with Crippen LogP contribution in [0.15, 0.2) is 58.7 Å². The third kappa shape index (κ3) is 4.89. The zero-order valence-electron chi connectivity index (χ0n) is 22.0. The van der Waals surface area contributed by atoms with E-state index in [1.54, 1.807) is 60.8 Å². The first-order chi connectivity index (χ1) is 19.4. The summed E-state index contributed by atoms with van der Waals surface area (Å²) >= 11 is 1.09. The summed E-state index contributed by atoms with van der Waals surface area (Å²) in [4.78, 5) is 54.2. The fourth-order valence-electron chi connectivity index (χ4n) is 4.59. The van der Waals surface area contributed by atoms with Gasteiger partial charge in [0.1, 0.15) is 16.5 Å². The molecule has 1 fully saturated rings. The molecule has 5 rings (SSSR count). The molecular weight excluding hydrogens is 536 g/mol. The minimum absolute atomic E-state index is 0.00311. The number of thiophene rings is 1. The minimum atomic E-state index is -0.700. The van der Waals surface area contributed by atoms with Crippen molar-refractivity contribution in [3.05, 3.63) is 70.0 Å². The predicted octanol–water partition coefficient (Wildman–Crippen LogP) is 3.63. The van der Waals surface area contributed by atoms with E-state index < -0.39 is 23.4 Å². The Bertz CT molecular complexity index is 1680. The number of aromatic nitrogens is 2. The summed E-state index contributed by atoms with van der Waals surface area (Å²) in [6.07, 6.45) is -0.00311. The summed E-state index contributed by atoms with van der Waals surface area (Å²) in [5.41, 5.74) is 0.354. The Kier molecular flexibility index (Phi) is 7.52. The number of anilines is 2. The van der Waals surface area contributed by atoms with Crippen LogP contribution < -0.4 is 25.2 Å². The van der Waals surface area contributed by atoms with Crippen molar-refractivity contribution in [1.29, 1.82) is 0 Å². The Morgan fingerprint density at radius 3 is 2.65 bits per heavy atom. The van der Waals surface area contributed by atoms with Gasteiger partial charge in [-0.2, -0.15) is 9.78 Å². The largest absolute Gasteiger partial charge is 0.497 e. The number of ether oxygens (including phenoxy) is 3. The third-order valence-electron chi connectivity index (χ3n) is 6.53. The normalized spacial score (nSPS) is 14.8. The quantitative estimate of drug-likeness (QED) is 0.323. The molecule has 40 heavy (non-hydrogen) atoms. The van der Waals surface area contributed by atoms with Crippen molar-refractivity contribution >= 4 is 50.6 Å². The zero-order valence-corrected chi connectivity index (χ0v) is 22.8. The predicted molar refractivity (Wildman–Crippen MR) is 150 cm³/mol. The summed E-state index contributed by atoms with van der Waals surface area (Å²) in [5.74, 6) is -0.979. The van der Waals surface area contributed by atoms with Crippen LogP contribution in [0, 0.1) is 5.92 Å². The number of fused-ring (bicyclic) bond motifs is 1. The van der Waals surface area contributed by atoms with Crippen LogP contribution in [0.4, 0.5) is 10.7 Å². The number of hydrogen-bond acceptors (Lipinski definition) is 9. The highest BCUT2D eigenvalue weighted by molar-refractivity contribution is 7.16. The molecule has 2 amide bonds. The molecule has 12 heteroatoms. The number of esters is 1. The van der Waals surface area contributed by atoms with Crippen LogP contribution >= 0.6 is 11.3 Å². The SMILES string of the molecule is CCOC(=O)c1nn(-c2cccc(OC)c2)c(=O)c2c(NC(=O)C3CC(=O)N(c4ccccc4OC)C3)scc12. The number of nitrogens with one attached hydrogen (secondary N) is 1. The van der Waals surface area contributed by atoms with Gasteiger partial charge in [0.05, 0.1) is 43.5 Å². The number of carbonyl (C=O) groups excluding carboxylic acids is 3. The van der Waals surface area contributed by atoms with Crippen molar-refractivity contribution in [1.82, 2.24) is 9.78 Å². The molecule has 1 unspecified atom stereocenters. The second-order valence-corrected chi connectivity index (χ2v) is 9.79. The third-order valence-corrected chi connectivity index (χ3v) is 7.42. The summed E-state index contributed by atoms with van der Waals surface area (Å²) in [6.45, 7) is 1.94. The van der Waals surface area contributed by atoms with Crippen LogP contribution in [0.25, 0.3) is 16.5 Å². The molecule has 0 bridgehead atoms. The van der Waals surface area contributed by atoms with Crippen molar-refractivity contribution in [2.45, 2.75) is 13.3 Å². The highest BCUT2D eigenvalue weighted by atomic mass is 32.1. The molecule has 1 saturated heterocycles. The monoisotopic (exact) mass is 562 g/mol. The molecule has 0 saturated carbocycles. The Morgan fingerprint density at radius 2 is 1.90 bits per heavy atom. The Labute approximate surface area is 232 Å². The van der Waals surface area contributed by atoms with Crippen molar-refractivity contribution in [3.63, 3.8) is 0 Å². The molecule has 11 nitrogen and oxygen atoms in total. The molecule has 2 aromatic heterocycles. The number of rotatable bonds is 8. The fraction of sp³-hybridized carbons (Fsp3) is 0.250. The number of amides is 2. The van der Waals surface area contributed by atoms with E-state index in [1.165, 1.54) is 19.1 Å². The zero-order chi connectivity index (χ0) is 28.4. The van der Waals surface area contributed by atoms with Gasteiger partial charge in [0, 0.05) is 29.8 Å². The molecule has 1 aliphatic heterocycles. The van der Waals surface area contributed by atoms with Crippen LogP contribution in [-0.2, 0) is 14.3 Å². The Hall–Kier alpha value is -4.71. The van der Waals surface area contributed by atoms with E-state index in [-0.39, 0.29) is 46.9 Å². The first-order valence-corrected chi connectivity index (χ1v) is 13.3. The van der Waals surface area contributed by atoms with Crippen molar-refractivity contribution in [3.8, 4) is 17.2 Å². The molecule has 1 aliphatic rings. The first kappa shape index (κ1) is 26.9. The van der Waals surface area contributed by atoms with Gasteiger partial charge in [-0.3, -0.25) is 14.4 Å². The molecule has 0 spiro atoms. The maximum absolute atomic E-state index is 13.7. The average Bonchev–Trinajstić information content (AvgIpc) is 3.57. The number of hydrogen-bond donors (Lipinski definition) is 1. The Balaban J connectivity index is 1.51. The molecule has 0 aliphatic carbocycles. The maximum atomic E-state index is 13.7. The molecule has 2 aromatic carbocycles. The number of carbonyl (C=O) groups is 3. The second-order valence-electron chi connectivity index (χ2n) is 8.91. The van der Waals surface area contributed by atoms with E-state index in [4.69, 9.17) is 14.2 Å².